The van der Waals surface area contributed by atoms with Gasteiger partial charge in [0.05, 0.1) is 32.7 Å². The van der Waals surface area contributed by atoms with Crippen LogP contribution in [0.4, 0.5) is 4.39 Å². The highest BCUT2D eigenvalue weighted by Gasteiger charge is 2.17. The molecule has 29 heavy (non-hydrogen) atoms. The molecule has 0 saturated carbocycles. The summed E-state index contributed by atoms with van der Waals surface area (Å²) in [6.45, 7) is 2.01. The molecule has 0 bridgehead atoms. The number of fused-ring (bicyclic) bond motifs is 2. The first-order valence-corrected chi connectivity index (χ1v) is 9.75. The predicted octanol–water partition coefficient (Wildman–Crippen LogP) is 6.54. The lowest BCUT2D eigenvalue weighted by Gasteiger charge is -2.06. The van der Waals surface area contributed by atoms with Crippen molar-refractivity contribution in [2.24, 2.45) is 7.05 Å². The number of halogens is 3. The molecular formula is C22H15Cl2FN4. The summed E-state index contributed by atoms with van der Waals surface area (Å²) in [4.78, 5) is 12.5. The summed E-state index contributed by atoms with van der Waals surface area (Å²) < 4.78 is 16.4. The lowest BCUT2D eigenvalue weighted by molar-refractivity contribution is 0.630. The lowest BCUT2D eigenvalue weighted by atomic mass is 10.1. The van der Waals surface area contributed by atoms with E-state index in [2.05, 4.69) is 9.97 Å². The third-order valence-electron chi connectivity index (χ3n) is 5.11. The Labute approximate surface area is 175 Å². The van der Waals surface area contributed by atoms with E-state index in [1.807, 2.05) is 48.9 Å². The van der Waals surface area contributed by atoms with Gasteiger partial charge in [-0.15, -0.1) is 0 Å². The Bertz CT molecular complexity index is 1400. The van der Waals surface area contributed by atoms with Gasteiger partial charge in [-0.25, -0.2) is 14.4 Å². The summed E-state index contributed by atoms with van der Waals surface area (Å²) in [6, 6.07) is 14.2. The normalized spacial score (nSPS) is 11.6. The number of rotatable bonds is 2. The average Bonchev–Trinajstić information content (AvgIpc) is 3.21. The zero-order valence-corrected chi connectivity index (χ0v) is 17.1. The topological polar surface area (TPSA) is 46.5 Å². The standard InChI is InChI=1S/C22H15Cl2FN4/c1-11-8-16-17(27-21(26-16)20-14(24)4-3-5-15(20)25)10-13(11)22-28-18-9-12(23)6-7-19(18)29(22)2/h3-10H,1-2H3,(H,26,27). The van der Waals surface area contributed by atoms with Crippen molar-refractivity contribution in [3.8, 4) is 22.8 Å². The fourth-order valence-corrected chi connectivity index (χ4v) is 4.08. The van der Waals surface area contributed by atoms with Crippen LogP contribution in [0.15, 0.2) is 48.5 Å². The van der Waals surface area contributed by atoms with Gasteiger partial charge in [0.25, 0.3) is 0 Å². The molecule has 144 valence electrons. The molecule has 1 N–H and O–H groups in total. The molecule has 4 nitrogen and oxygen atoms in total. The number of aromatic nitrogens is 4. The van der Waals surface area contributed by atoms with Crippen LogP contribution in [0.2, 0.25) is 10.0 Å². The zero-order valence-electron chi connectivity index (χ0n) is 15.6. The smallest absolute Gasteiger partial charge is 0.142 e. The zero-order chi connectivity index (χ0) is 20.3. The lowest BCUT2D eigenvalue weighted by Crippen LogP contribution is -1.94. The summed E-state index contributed by atoms with van der Waals surface area (Å²) in [5.74, 6) is 0.798. The van der Waals surface area contributed by atoms with E-state index >= 15 is 0 Å². The molecule has 0 atom stereocenters. The molecular weight excluding hydrogens is 410 g/mol. The molecule has 3 aromatic carbocycles. The minimum atomic E-state index is -0.416. The van der Waals surface area contributed by atoms with Gasteiger partial charge < -0.3 is 9.55 Å². The van der Waals surface area contributed by atoms with Crippen LogP contribution in [0.25, 0.3) is 44.8 Å². The average molecular weight is 425 g/mol. The highest BCUT2D eigenvalue weighted by atomic mass is 35.5. The van der Waals surface area contributed by atoms with Gasteiger partial charge >= 0.3 is 0 Å². The van der Waals surface area contributed by atoms with E-state index in [-0.39, 0.29) is 5.56 Å². The van der Waals surface area contributed by atoms with Crippen LogP contribution in [-0.2, 0) is 7.05 Å². The maximum atomic E-state index is 14.3. The predicted molar refractivity (Wildman–Crippen MR) is 116 cm³/mol. The fourth-order valence-electron chi connectivity index (χ4n) is 3.66. The van der Waals surface area contributed by atoms with Crippen molar-refractivity contribution in [3.05, 3.63) is 70.0 Å². The molecule has 2 aromatic heterocycles. The van der Waals surface area contributed by atoms with Gasteiger partial charge in [0.15, 0.2) is 0 Å². The minimum absolute atomic E-state index is 0.266. The quantitative estimate of drug-likeness (QED) is 0.349. The highest BCUT2D eigenvalue weighted by molar-refractivity contribution is 6.33. The summed E-state index contributed by atoms with van der Waals surface area (Å²) >= 11 is 12.3. The van der Waals surface area contributed by atoms with Crippen LogP contribution < -0.4 is 0 Å². The molecule has 5 rings (SSSR count). The third kappa shape index (κ3) is 2.89. The van der Waals surface area contributed by atoms with E-state index in [1.165, 1.54) is 6.07 Å². The molecule has 0 aliphatic carbocycles. The van der Waals surface area contributed by atoms with E-state index in [9.17, 15) is 4.39 Å². The van der Waals surface area contributed by atoms with Gasteiger partial charge in [0, 0.05) is 17.6 Å². The van der Waals surface area contributed by atoms with E-state index < -0.39 is 5.82 Å². The SMILES string of the molecule is Cc1cc2[nH]c(-c3c(F)cccc3Cl)nc2cc1-c1nc2cc(Cl)ccc2n1C. The Balaban J connectivity index is 1.71. The fraction of sp³-hybridized carbons (Fsp3) is 0.0909. The second-order valence-corrected chi connectivity index (χ2v) is 7.84. The third-order valence-corrected chi connectivity index (χ3v) is 5.66. The summed E-state index contributed by atoms with van der Waals surface area (Å²) in [5.41, 5.74) is 5.58. The molecule has 0 aliphatic rings. The van der Waals surface area contributed by atoms with Crippen LogP contribution >= 0.6 is 23.2 Å². The largest absolute Gasteiger partial charge is 0.338 e. The van der Waals surface area contributed by atoms with Crippen LogP contribution in [0.1, 0.15) is 5.56 Å². The van der Waals surface area contributed by atoms with Crippen molar-refractivity contribution in [2.75, 3.05) is 0 Å². The van der Waals surface area contributed by atoms with Gasteiger partial charge in [-0.3, -0.25) is 0 Å². The van der Waals surface area contributed by atoms with Crippen molar-refractivity contribution in [1.82, 2.24) is 19.5 Å². The van der Waals surface area contributed by atoms with Gasteiger partial charge in [-0.1, -0.05) is 29.3 Å². The first-order chi connectivity index (χ1) is 13.9. The van der Waals surface area contributed by atoms with Crippen molar-refractivity contribution in [3.63, 3.8) is 0 Å². The Morgan fingerprint density at radius 3 is 2.62 bits per heavy atom. The number of benzene rings is 3. The first-order valence-electron chi connectivity index (χ1n) is 8.99. The van der Waals surface area contributed by atoms with E-state index in [1.54, 1.807) is 12.1 Å². The van der Waals surface area contributed by atoms with Crippen LogP contribution in [0, 0.1) is 12.7 Å². The second kappa shape index (κ2) is 6.58. The number of hydrogen-bond acceptors (Lipinski definition) is 2. The molecule has 0 aliphatic heterocycles. The monoisotopic (exact) mass is 424 g/mol. The van der Waals surface area contributed by atoms with E-state index in [0.717, 1.165) is 33.5 Å². The van der Waals surface area contributed by atoms with Crippen LogP contribution in [0.3, 0.4) is 0 Å². The number of imidazole rings is 2. The summed E-state index contributed by atoms with van der Waals surface area (Å²) in [5, 5.41) is 0.960. The minimum Gasteiger partial charge on any atom is -0.338 e. The van der Waals surface area contributed by atoms with Crippen LogP contribution in [-0.4, -0.2) is 19.5 Å². The number of hydrogen-bond donors (Lipinski definition) is 1. The number of nitrogens with one attached hydrogen (secondary N) is 1. The molecule has 0 amide bonds. The molecule has 2 heterocycles. The number of nitrogens with zero attached hydrogens (tertiary/aromatic N) is 3. The molecule has 0 unspecified atom stereocenters. The Morgan fingerprint density at radius 2 is 1.83 bits per heavy atom. The van der Waals surface area contributed by atoms with Gasteiger partial charge in [0.1, 0.15) is 17.5 Å². The molecule has 0 saturated heterocycles. The van der Waals surface area contributed by atoms with Crippen molar-refractivity contribution < 1.29 is 4.39 Å². The van der Waals surface area contributed by atoms with Gasteiger partial charge in [0.2, 0.25) is 0 Å². The Morgan fingerprint density at radius 1 is 1.00 bits per heavy atom. The second-order valence-electron chi connectivity index (χ2n) is 6.99. The van der Waals surface area contributed by atoms with E-state index in [0.29, 0.717) is 21.4 Å². The molecule has 0 spiro atoms. The highest BCUT2D eigenvalue weighted by Crippen LogP contribution is 2.33. The molecule has 0 radical (unpaired) electrons. The Kier molecular flexibility index (Phi) is 4.12. The van der Waals surface area contributed by atoms with Gasteiger partial charge in [-0.2, -0.15) is 0 Å². The van der Waals surface area contributed by atoms with E-state index in [4.69, 9.17) is 28.2 Å². The number of H-pyrrole nitrogens is 1. The van der Waals surface area contributed by atoms with Crippen molar-refractivity contribution in [1.29, 1.82) is 0 Å². The summed E-state index contributed by atoms with van der Waals surface area (Å²) in [6.07, 6.45) is 0. The van der Waals surface area contributed by atoms with Gasteiger partial charge in [-0.05, 0) is 55.0 Å². The Hall–Kier alpha value is -2.89. The molecule has 0 fully saturated rings. The number of aryl methyl sites for hydroxylation is 2. The first kappa shape index (κ1) is 18.2. The maximum absolute atomic E-state index is 14.3. The molecule has 7 heteroatoms. The maximum Gasteiger partial charge on any atom is 0.142 e. The number of aromatic amines is 1. The van der Waals surface area contributed by atoms with Crippen LogP contribution in [0.5, 0.6) is 0 Å². The molecule has 5 aromatic rings. The van der Waals surface area contributed by atoms with Crippen molar-refractivity contribution in [2.45, 2.75) is 6.92 Å². The summed E-state index contributed by atoms with van der Waals surface area (Å²) in [7, 11) is 1.97. The van der Waals surface area contributed by atoms with Crippen molar-refractivity contribution >= 4 is 45.3 Å².